The maximum Gasteiger partial charge on any atom is 0.319 e. The van der Waals surface area contributed by atoms with Crippen molar-refractivity contribution in [3.05, 3.63) is 59.1 Å². The van der Waals surface area contributed by atoms with Crippen molar-refractivity contribution < 1.29 is 9.53 Å². The molecule has 1 atom stereocenters. The van der Waals surface area contributed by atoms with Gasteiger partial charge in [0.2, 0.25) is 0 Å². The zero-order chi connectivity index (χ0) is 15.2. The van der Waals surface area contributed by atoms with Crippen molar-refractivity contribution in [1.82, 2.24) is 5.32 Å². The topological polar surface area (TPSA) is 50.4 Å². The van der Waals surface area contributed by atoms with Gasteiger partial charge in [-0.1, -0.05) is 41.9 Å². The number of urea groups is 1. The van der Waals surface area contributed by atoms with Gasteiger partial charge < -0.3 is 15.4 Å². The third kappa shape index (κ3) is 4.13. The van der Waals surface area contributed by atoms with E-state index in [2.05, 4.69) is 10.6 Å². The minimum absolute atomic E-state index is 0.101. The molecule has 21 heavy (non-hydrogen) atoms. The van der Waals surface area contributed by atoms with Gasteiger partial charge in [-0.3, -0.25) is 0 Å². The summed E-state index contributed by atoms with van der Waals surface area (Å²) in [5.41, 5.74) is 1.56. The largest absolute Gasteiger partial charge is 0.495 e. The van der Waals surface area contributed by atoms with Gasteiger partial charge in [-0.05, 0) is 30.7 Å². The van der Waals surface area contributed by atoms with Crippen LogP contribution in [0.1, 0.15) is 18.5 Å². The van der Waals surface area contributed by atoms with Gasteiger partial charge in [-0.2, -0.15) is 0 Å². The smallest absolute Gasteiger partial charge is 0.319 e. The summed E-state index contributed by atoms with van der Waals surface area (Å²) in [5, 5.41) is 6.14. The van der Waals surface area contributed by atoms with Crippen molar-refractivity contribution >= 4 is 23.3 Å². The fourth-order valence-corrected chi connectivity index (χ4v) is 2.13. The number of methoxy groups -OCH3 is 1. The van der Waals surface area contributed by atoms with Crippen LogP contribution in [0.3, 0.4) is 0 Å². The summed E-state index contributed by atoms with van der Waals surface area (Å²) in [6.07, 6.45) is 0. The molecule has 2 rings (SSSR count). The SMILES string of the molecule is COc1ccc(Cl)cc1NC(=O)NC(C)c1ccccc1. The fraction of sp³-hybridized carbons (Fsp3) is 0.188. The van der Waals surface area contributed by atoms with E-state index in [1.54, 1.807) is 25.3 Å². The predicted molar refractivity (Wildman–Crippen MR) is 85.0 cm³/mol. The molecule has 1 unspecified atom stereocenters. The zero-order valence-electron chi connectivity index (χ0n) is 11.9. The summed E-state index contributed by atoms with van der Waals surface area (Å²) in [6, 6.07) is 14.4. The molecule has 110 valence electrons. The minimum Gasteiger partial charge on any atom is -0.495 e. The molecule has 0 heterocycles. The van der Waals surface area contributed by atoms with Crippen LogP contribution < -0.4 is 15.4 Å². The lowest BCUT2D eigenvalue weighted by Crippen LogP contribution is -2.31. The van der Waals surface area contributed by atoms with Crippen molar-refractivity contribution in [2.75, 3.05) is 12.4 Å². The Morgan fingerprint density at radius 2 is 1.90 bits per heavy atom. The van der Waals surface area contributed by atoms with E-state index in [0.717, 1.165) is 5.56 Å². The quantitative estimate of drug-likeness (QED) is 0.888. The van der Waals surface area contributed by atoms with Crippen LogP contribution in [0.25, 0.3) is 0 Å². The monoisotopic (exact) mass is 304 g/mol. The molecule has 0 aliphatic heterocycles. The molecule has 0 fully saturated rings. The number of rotatable bonds is 4. The highest BCUT2D eigenvalue weighted by molar-refractivity contribution is 6.31. The first-order valence-corrected chi connectivity index (χ1v) is 6.94. The van der Waals surface area contributed by atoms with Gasteiger partial charge in [0, 0.05) is 5.02 Å². The Hall–Kier alpha value is -2.20. The second kappa shape index (κ2) is 6.99. The second-order valence-corrected chi connectivity index (χ2v) is 5.01. The van der Waals surface area contributed by atoms with E-state index >= 15 is 0 Å². The number of hydrogen-bond donors (Lipinski definition) is 2. The van der Waals surface area contributed by atoms with E-state index in [9.17, 15) is 4.79 Å². The molecule has 0 bridgehead atoms. The normalized spacial score (nSPS) is 11.6. The molecule has 5 heteroatoms. The van der Waals surface area contributed by atoms with Gasteiger partial charge in [0.1, 0.15) is 5.75 Å². The molecular weight excluding hydrogens is 288 g/mol. The maximum atomic E-state index is 12.1. The van der Waals surface area contributed by atoms with E-state index in [-0.39, 0.29) is 12.1 Å². The highest BCUT2D eigenvalue weighted by Gasteiger charge is 2.11. The van der Waals surface area contributed by atoms with Crippen molar-refractivity contribution in [1.29, 1.82) is 0 Å². The van der Waals surface area contributed by atoms with Crippen molar-refractivity contribution in [2.24, 2.45) is 0 Å². The Morgan fingerprint density at radius 1 is 1.19 bits per heavy atom. The van der Waals surface area contributed by atoms with E-state index < -0.39 is 0 Å². The van der Waals surface area contributed by atoms with Gasteiger partial charge in [0.15, 0.2) is 0 Å². The van der Waals surface area contributed by atoms with Crippen LogP contribution in [-0.4, -0.2) is 13.1 Å². The van der Waals surface area contributed by atoms with Crippen LogP contribution in [-0.2, 0) is 0 Å². The average Bonchev–Trinajstić information content (AvgIpc) is 2.48. The molecule has 2 amide bonds. The van der Waals surface area contributed by atoms with Crippen LogP contribution >= 0.6 is 11.6 Å². The molecule has 2 aromatic rings. The van der Waals surface area contributed by atoms with Gasteiger partial charge in [-0.15, -0.1) is 0 Å². The second-order valence-electron chi connectivity index (χ2n) is 4.58. The van der Waals surface area contributed by atoms with Gasteiger partial charge in [0.05, 0.1) is 18.8 Å². The van der Waals surface area contributed by atoms with Crippen LogP contribution in [0.15, 0.2) is 48.5 Å². The third-order valence-corrected chi connectivity index (χ3v) is 3.29. The van der Waals surface area contributed by atoms with Crippen LogP contribution in [0.4, 0.5) is 10.5 Å². The van der Waals surface area contributed by atoms with Crippen LogP contribution in [0.5, 0.6) is 5.75 Å². The first kappa shape index (κ1) is 15.2. The molecule has 0 aliphatic rings. The lowest BCUT2D eigenvalue weighted by Gasteiger charge is -2.16. The number of carbonyl (C=O) groups is 1. The number of benzene rings is 2. The van der Waals surface area contributed by atoms with E-state index in [0.29, 0.717) is 16.5 Å². The Labute approximate surface area is 129 Å². The summed E-state index contributed by atoms with van der Waals surface area (Å²) < 4.78 is 5.19. The first-order chi connectivity index (χ1) is 10.1. The van der Waals surface area contributed by atoms with Crippen LogP contribution in [0.2, 0.25) is 5.02 Å². The van der Waals surface area contributed by atoms with E-state index in [1.807, 2.05) is 37.3 Å². The Morgan fingerprint density at radius 3 is 2.57 bits per heavy atom. The fourth-order valence-electron chi connectivity index (χ4n) is 1.96. The number of halogens is 1. The van der Waals surface area contributed by atoms with Crippen molar-refractivity contribution in [2.45, 2.75) is 13.0 Å². The summed E-state index contributed by atoms with van der Waals surface area (Å²) >= 11 is 5.93. The summed E-state index contributed by atoms with van der Waals surface area (Å²) in [7, 11) is 1.54. The molecule has 2 N–H and O–H groups in total. The number of nitrogens with one attached hydrogen (secondary N) is 2. The number of ether oxygens (including phenoxy) is 1. The van der Waals surface area contributed by atoms with Crippen molar-refractivity contribution in [3.8, 4) is 5.75 Å². The van der Waals surface area contributed by atoms with E-state index in [4.69, 9.17) is 16.3 Å². The van der Waals surface area contributed by atoms with Gasteiger partial charge in [0.25, 0.3) is 0 Å². The van der Waals surface area contributed by atoms with Crippen molar-refractivity contribution in [3.63, 3.8) is 0 Å². The maximum absolute atomic E-state index is 12.1. The Bertz CT molecular complexity index is 617. The molecular formula is C16H17ClN2O2. The molecule has 0 aliphatic carbocycles. The highest BCUT2D eigenvalue weighted by Crippen LogP contribution is 2.27. The Balaban J connectivity index is 2.04. The molecule has 0 aromatic heterocycles. The minimum atomic E-state index is -0.313. The van der Waals surface area contributed by atoms with Gasteiger partial charge in [-0.25, -0.2) is 4.79 Å². The predicted octanol–water partition coefficient (Wildman–Crippen LogP) is 4.23. The third-order valence-electron chi connectivity index (χ3n) is 3.06. The molecule has 0 saturated carbocycles. The molecule has 0 spiro atoms. The first-order valence-electron chi connectivity index (χ1n) is 6.56. The standard InChI is InChI=1S/C16H17ClN2O2/c1-11(12-6-4-3-5-7-12)18-16(20)19-14-10-13(17)8-9-15(14)21-2/h3-11H,1-2H3,(H2,18,19,20). The molecule has 0 saturated heterocycles. The average molecular weight is 305 g/mol. The summed E-state index contributed by atoms with van der Waals surface area (Å²) in [4.78, 5) is 12.1. The summed E-state index contributed by atoms with van der Waals surface area (Å²) in [5.74, 6) is 0.557. The number of anilines is 1. The Kier molecular flexibility index (Phi) is 5.06. The number of carbonyl (C=O) groups excluding carboxylic acids is 1. The van der Waals surface area contributed by atoms with E-state index in [1.165, 1.54) is 0 Å². The zero-order valence-corrected chi connectivity index (χ0v) is 12.6. The van der Waals surface area contributed by atoms with Crippen LogP contribution in [0, 0.1) is 0 Å². The highest BCUT2D eigenvalue weighted by atomic mass is 35.5. The lowest BCUT2D eigenvalue weighted by molar-refractivity contribution is 0.249. The molecule has 2 aromatic carbocycles. The molecule has 0 radical (unpaired) electrons. The van der Waals surface area contributed by atoms with Gasteiger partial charge >= 0.3 is 6.03 Å². The number of hydrogen-bond acceptors (Lipinski definition) is 2. The summed E-state index contributed by atoms with van der Waals surface area (Å²) in [6.45, 7) is 1.92. The lowest BCUT2D eigenvalue weighted by atomic mass is 10.1. The molecule has 4 nitrogen and oxygen atoms in total. The number of amides is 2.